The van der Waals surface area contributed by atoms with Crippen molar-refractivity contribution in [1.29, 1.82) is 0 Å². The molecule has 0 spiro atoms. The van der Waals surface area contributed by atoms with E-state index in [1.165, 1.54) is 12.1 Å². The molecule has 0 saturated heterocycles. The molecule has 0 amide bonds. The summed E-state index contributed by atoms with van der Waals surface area (Å²) in [6.07, 6.45) is 0.876. The average molecular weight is 212 g/mol. The van der Waals surface area contributed by atoms with Crippen LogP contribution in [0.5, 0.6) is 0 Å². The van der Waals surface area contributed by atoms with Gasteiger partial charge in [-0.3, -0.25) is 0 Å². The summed E-state index contributed by atoms with van der Waals surface area (Å²) >= 11 is 0. The molecule has 0 aliphatic carbocycles. The monoisotopic (exact) mass is 212 g/mol. The van der Waals surface area contributed by atoms with Crippen molar-refractivity contribution in [3.8, 4) is 0 Å². The molecule has 1 aromatic carbocycles. The molecule has 0 bridgehead atoms. The smallest absolute Gasteiger partial charge is 0.201 e. The summed E-state index contributed by atoms with van der Waals surface area (Å²) < 4.78 is 27.8. The van der Waals surface area contributed by atoms with Crippen LogP contribution in [0.2, 0.25) is 0 Å². The van der Waals surface area contributed by atoms with Gasteiger partial charge in [-0.25, -0.2) is 8.78 Å². The lowest BCUT2D eigenvalue weighted by Crippen LogP contribution is -2.31. The van der Waals surface area contributed by atoms with Gasteiger partial charge in [-0.15, -0.1) is 0 Å². The van der Waals surface area contributed by atoms with Gasteiger partial charge in [-0.05, 0) is 12.0 Å². The van der Waals surface area contributed by atoms with Gasteiger partial charge in [0, 0.05) is 11.0 Å². The molecule has 0 atom stereocenters. The second-order valence-electron chi connectivity index (χ2n) is 4.87. The summed E-state index contributed by atoms with van der Waals surface area (Å²) in [5.74, 6) is -2.78. The van der Waals surface area contributed by atoms with E-state index in [4.69, 9.17) is 0 Å². The maximum absolute atomic E-state index is 13.9. The Morgan fingerprint density at radius 1 is 1.00 bits per heavy atom. The second-order valence-corrected chi connectivity index (χ2v) is 4.87. The van der Waals surface area contributed by atoms with Gasteiger partial charge in [0.15, 0.2) is 0 Å². The van der Waals surface area contributed by atoms with Crippen LogP contribution in [0.1, 0.15) is 38.8 Å². The Bertz CT molecular complexity index is 317. The lowest BCUT2D eigenvalue weighted by Gasteiger charge is -2.30. The molecule has 84 valence electrons. The minimum Gasteiger partial charge on any atom is -0.201 e. The van der Waals surface area contributed by atoms with E-state index in [1.807, 2.05) is 6.92 Å². The van der Waals surface area contributed by atoms with Gasteiger partial charge in [0.25, 0.3) is 5.92 Å². The topological polar surface area (TPSA) is 0 Å². The molecular formula is C13H18F2. The number of aryl methyl sites for hydroxylation is 1. The first-order valence-electron chi connectivity index (χ1n) is 5.26. The zero-order valence-corrected chi connectivity index (χ0v) is 9.77. The Morgan fingerprint density at radius 3 is 1.80 bits per heavy atom. The lowest BCUT2D eigenvalue weighted by atomic mass is 9.83. The van der Waals surface area contributed by atoms with E-state index >= 15 is 0 Å². The van der Waals surface area contributed by atoms with E-state index in [-0.39, 0.29) is 5.56 Å². The fourth-order valence-electron chi connectivity index (χ4n) is 1.38. The number of benzene rings is 1. The number of rotatable bonds is 2. The lowest BCUT2D eigenvalue weighted by molar-refractivity contribution is -0.104. The molecule has 0 aliphatic heterocycles. The van der Waals surface area contributed by atoms with E-state index in [9.17, 15) is 8.78 Å². The van der Waals surface area contributed by atoms with Crippen LogP contribution in [0.15, 0.2) is 24.3 Å². The Labute approximate surface area is 90.3 Å². The molecule has 0 aliphatic rings. The van der Waals surface area contributed by atoms with E-state index in [2.05, 4.69) is 0 Å². The molecule has 0 heterocycles. The van der Waals surface area contributed by atoms with E-state index in [0.29, 0.717) is 0 Å². The maximum Gasteiger partial charge on any atom is 0.277 e. The average Bonchev–Trinajstić information content (AvgIpc) is 2.16. The molecule has 15 heavy (non-hydrogen) atoms. The van der Waals surface area contributed by atoms with Gasteiger partial charge in [0.1, 0.15) is 0 Å². The number of halogens is 2. The van der Waals surface area contributed by atoms with Gasteiger partial charge >= 0.3 is 0 Å². The van der Waals surface area contributed by atoms with Crippen molar-refractivity contribution in [2.24, 2.45) is 5.41 Å². The largest absolute Gasteiger partial charge is 0.277 e. The summed E-state index contributed by atoms with van der Waals surface area (Å²) in [6.45, 7) is 6.68. The number of hydrogen-bond acceptors (Lipinski definition) is 0. The summed E-state index contributed by atoms with van der Waals surface area (Å²) in [4.78, 5) is 0. The Kier molecular flexibility index (Phi) is 3.17. The fraction of sp³-hybridized carbons (Fsp3) is 0.538. The summed E-state index contributed by atoms with van der Waals surface area (Å²) in [6, 6.07) is 6.61. The predicted octanol–water partition coefficient (Wildman–Crippen LogP) is 4.39. The first kappa shape index (κ1) is 12.2. The zero-order valence-electron chi connectivity index (χ0n) is 9.77. The first-order valence-corrected chi connectivity index (χ1v) is 5.26. The number of hydrogen-bond donors (Lipinski definition) is 0. The normalized spacial score (nSPS) is 12.9. The van der Waals surface area contributed by atoms with Gasteiger partial charge in [-0.2, -0.15) is 0 Å². The van der Waals surface area contributed by atoms with E-state index < -0.39 is 11.3 Å². The van der Waals surface area contributed by atoms with E-state index in [0.717, 1.165) is 12.0 Å². The molecule has 0 radical (unpaired) electrons. The van der Waals surface area contributed by atoms with Crippen molar-refractivity contribution < 1.29 is 8.78 Å². The SMILES string of the molecule is CCc1ccc(C(F)(F)C(C)(C)C)cc1. The van der Waals surface area contributed by atoms with Crippen molar-refractivity contribution in [2.75, 3.05) is 0 Å². The molecule has 0 fully saturated rings. The minimum atomic E-state index is -2.78. The quantitative estimate of drug-likeness (QED) is 0.682. The Morgan fingerprint density at radius 2 is 1.47 bits per heavy atom. The van der Waals surface area contributed by atoms with Crippen molar-refractivity contribution in [3.63, 3.8) is 0 Å². The van der Waals surface area contributed by atoms with Crippen LogP contribution in [0.25, 0.3) is 0 Å². The number of alkyl halides is 2. The summed E-state index contributed by atoms with van der Waals surface area (Å²) in [5.41, 5.74) is 0.149. The van der Waals surface area contributed by atoms with Crippen LogP contribution in [0.3, 0.4) is 0 Å². The molecule has 1 aromatic rings. The molecule has 0 unspecified atom stereocenters. The highest BCUT2D eigenvalue weighted by Crippen LogP contribution is 2.44. The zero-order chi connectivity index (χ0) is 11.7. The van der Waals surface area contributed by atoms with Gasteiger partial charge in [0.2, 0.25) is 0 Å². The van der Waals surface area contributed by atoms with Crippen molar-refractivity contribution in [2.45, 2.75) is 40.0 Å². The highest BCUT2D eigenvalue weighted by Gasteiger charge is 2.44. The predicted molar refractivity (Wildman–Crippen MR) is 59.2 cm³/mol. The third-order valence-corrected chi connectivity index (χ3v) is 2.67. The Hall–Kier alpha value is -0.920. The third kappa shape index (κ3) is 2.36. The highest BCUT2D eigenvalue weighted by molar-refractivity contribution is 5.27. The molecule has 1 rings (SSSR count). The Balaban J connectivity index is 3.06. The molecule has 0 aromatic heterocycles. The van der Waals surface area contributed by atoms with Crippen LogP contribution in [-0.2, 0) is 12.3 Å². The highest BCUT2D eigenvalue weighted by atomic mass is 19.3. The minimum absolute atomic E-state index is 0.104. The molecule has 0 nitrogen and oxygen atoms in total. The van der Waals surface area contributed by atoms with Crippen molar-refractivity contribution in [1.82, 2.24) is 0 Å². The molecule has 0 N–H and O–H groups in total. The second kappa shape index (κ2) is 3.92. The summed E-state index contributed by atoms with van der Waals surface area (Å²) in [7, 11) is 0. The van der Waals surface area contributed by atoms with Crippen molar-refractivity contribution in [3.05, 3.63) is 35.4 Å². The van der Waals surface area contributed by atoms with Crippen LogP contribution in [0.4, 0.5) is 8.78 Å². The van der Waals surface area contributed by atoms with Crippen LogP contribution in [0, 0.1) is 5.41 Å². The molecule has 0 saturated carbocycles. The van der Waals surface area contributed by atoms with Gasteiger partial charge in [0.05, 0.1) is 0 Å². The van der Waals surface area contributed by atoms with Crippen LogP contribution < -0.4 is 0 Å². The third-order valence-electron chi connectivity index (χ3n) is 2.67. The van der Waals surface area contributed by atoms with Gasteiger partial charge < -0.3 is 0 Å². The van der Waals surface area contributed by atoms with Gasteiger partial charge in [-0.1, -0.05) is 52.0 Å². The molecule has 2 heteroatoms. The van der Waals surface area contributed by atoms with Crippen LogP contribution >= 0.6 is 0 Å². The first-order chi connectivity index (χ1) is 6.79. The van der Waals surface area contributed by atoms with E-state index in [1.54, 1.807) is 32.9 Å². The maximum atomic E-state index is 13.9. The van der Waals surface area contributed by atoms with Crippen molar-refractivity contribution >= 4 is 0 Å². The summed E-state index contributed by atoms with van der Waals surface area (Å²) in [5, 5.41) is 0. The fourth-order valence-corrected chi connectivity index (χ4v) is 1.38. The standard InChI is InChI=1S/C13H18F2/c1-5-10-6-8-11(9-7-10)13(14,15)12(2,3)4/h6-9H,5H2,1-4H3. The molecular weight excluding hydrogens is 194 g/mol. The van der Waals surface area contributed by atoms with Crippen LogP contribution in [-0.4, -0.2) is 0 Å².